The van der Waals surface area contributed by atoms with E-state index in [9.17, 15) is 18.0 Å². The standard InChI is InChI=1S/C20H23N3O4S/c1-15-3-9-18(10-4-15)28(26,27)23-12-2-11-22(13-14-23)20(25)17-7-5-16(6-8-17)19(21)24/h3-10H,2,11-14H2,1H3,(H2,21,24). The molecule has 0 atom stereocenters. The summed E-state index contributed by atoms with van der Waals surface area (Å²) in [6.07, 6.45) is 0.552. The summed E-state index contributed by atoms with van der Waals surface area (Å²) in [5, 5.41) is 0. The van der Waals surface area contributed by atoms with Crippen LogP contribution in [0.5, 0.6) is 0 Å². The summed E-state index contributed by atoms with van der Waals surface area (Å²) in [5.41, 5.74) is 6.99. The third-order valence-corrected chi connectivity index (χ3v) is 6.73. The summed E-state index contributed by atoms with van der Waals surface area (Å²) in [6.45, 7) is 3.28. The number of amides is 2. The summed E-state index contributed by atoms with van der Waals surface area (Å²) < 4.78 is 27.2. The molecule has 1 saturated heterocycles. The number of hydrogen-bond acceptors (Lipinski definition) is 4. The van der Waals surface area contributed by atoms with Crippen LogP contribution in [-0.4, -0.2) is 55.6 Å². The molecule has 7 nitrogen and oxygen atoms in total. The van der Waals surface area contributed by atoms with Gasteiger partial charge in [0.25, 0.3) is 5.91 Å². The second-order valence-corrected chi connectivity index (χ2v) is 8.74. The van der Waals surface area contributed by atoms with Gasteiger partial charge < -0.3 is 10.6 Å². The lowest BCUT2D eigenvalue weighted by Gasteiger charge is -2.22. The number of rotatable bonds is 4. The molecular formula is C20H23N3O4S. The molecule has 2 aromatic carbocycles. The number of carbonyl (C=O) groups is 2. The van der Waals surface area contributed by atoms with Crippen LogP contribution in [0.25, 0.3) is 0 Å². The molecule has 0 aliphatic carbocycles. The molecule has 1 aliphatic rings. The lowest BCUT2D eigenvalue weighted by molar-refractivity contribution is 0.0763. The van der Waals surface area contributed by atoms with Crippen molar-refractivity contribution in [3.8, 4) is 0 Å². The van der Waals surface area contributed by atoms with Crippen molar-refractivity contribution in [1.29, 1.82) is 0 Å². The highest BCUT2D eigenvalue weighted by atomic mass is 32.2. The van der Waals surface area contributed by atoms with E-state index in [-0.39, 0.29) is 17.3 Å². The highest BCUT2D eigenvalue weighted by molar-refractivity contribution is 7.89. The van der Waals surface area contributed by atoms with Crippen LogP contribution >= 0.6 is 0 Å². The molecule has 0 aromatic heterocycles. The van der Waals surface area contributed by atoms with Gasteiger partial charge >= 0.3 is 0 Å². The number of nitrogens with zero attached hydrogens (tertiary/aromatic N) is 2. The molecule has 2 N–H and O–H groups in total. The molecule has 2 aromatic rings. The third-order valence-electron chi connectivity index (χ3n) is 4.82. The number of primary amides is 1. The van der Waals surface area contributed by atoms with E-state index in [1.54, 1.807) is 41.3 Å². The number of aryl methyl sites for hydroxylation is 1. The number of benzene rings is 2. The maximum atomic E-state index is 12.9. The Balaban J connectivity index is 1.71. The molecule has 8 heteroatoms. The zero-order chi connectivity index (χ0) is 20.3. The van der Waals surface area contributed by atoms with Gasteiger partial charge in [-0.05, 0) is 49.7 Å². The summed E-state index contributed by atoms with van der Waals surface area (Å²) >= 11 is 0. The van der Waals surface area contributed by atoms with Crippen molar-refractivity contribution in [1.82, 2.24) is 9.21 Å². The smallest absolute Gasteiger partial charge is 0.253 e. The highest BCUT2D eigenvalue weighted by Crippen LogP contribution is 2.19. The topological polar surface area (TPSA) is 101 Å². The van der Waals surface area contributed by atoms with Gasteiger partial charge in [-0.15, -0.1) is 0 Å². The average molecular weight is 401 g/mol. The van der Waals surface area contributed by atoms with Crippen LogP contribution in [0, 0.1) is 6.92 Å². The lowest BCUT2D eigenvalue weighted by Crippen LogP contribution is -2.37. The zero-order valence-corrected chi connectivity index (χ0v) is 16.5. The molecule has 1 heterocycles. The number of hydrogen-bond donors (Lipinski definition) is 1. The lowest BCUT2D eigenvalue weighted by atomic mass is 10.1. The van der Waals surface area contributed by atoms with Crippen molar-refractivity contribution in [3.63, 3.8) is 0 Å². The molecule has 148 valence electrons. The van der Waals surface area contributed by atoms with Crippen LogP contribution in [0.2, 0.25) is 0 Å². The van der Waals surface area contributed by atoms with Crippen LogP contribution in [0.15, 0.2) is 53.4 Å². The quantitative estimate of drug-likeness (QED) is 0.841. The maximum Gasteiger partial charge on any atom is 0.253 e. The Morgan fingerprint density at radius 3 is 2.07 bits per heavy atom. The Hall–Kier alpha value is -2.71. The van der Waals surface area contributed by atoms with Crippen molar-refractivity contribution in [2.75, 3.05) is 26.2 Å². The van der Waals surface area contributed by atoms with Gasteiger partial charge in [0.15, 0.2) is 0 Å². The molecule has 0 radical (unpaired) electrons. The molecule has 1 aliphatic heterocycles. The fraction of sp³-hybridized carbons (Fsp3) is 0.300. The van der Waals surface area contributed by atoms with Gasteiger partial charge in [-0.3, -0.25) is 9.59 Å². The Morgan fingerprint density at radius 1 is 0.857 bits per heavy atom. The fourth-order valence-electron chi connectivity index (χ4n) is 3.16. The van der Waals surface area contributed by atoms with E-state index in [0.29, 0.717) is 37.2 Å². The monoisotopic (exact) mass is 401 g/mol. The summed E-state index contributed by atoms with van der Waals surface area (Å²) in [6, 6.07) is 12.9. The third kappa shape index (κ3) is 4.23. The van der Waals surface area contributed by atoms with Crippen molar-refractivity contribution in [2.24, 2.45) is 5.73 Å². The van der Waals surface area contributed by atoms with E-state index in [1.807, 2.05) is 6.92 Å². The predicted octanol–water partition coefficient (Wildman–Crippen LogP) is 1.63. The van der Waals surface area contributed by atoms with Crippen LogP contribution in [0.4, 0.5) is 0 Å². The van der Waals surface area contributed by atoms with E-state index in [2.05, 4.69) is 0 Å². The molecule has 3 rings (SSSR count). The van der Waals surface area contributed by atoms with Crippen LogP contribution in [0.3, 0.4) is 0 Å². The first-order valence-corrected chi connectivity index (χ1v) is 10.5. The van der Waals surface area contributed by atoms with Gasteiger partial charge in [-0.25, -0.2) is 8.42 Å². The first kappa shape index (κ1) is 20.0. The largest absolute Gasteiger partial charge is 0.366 e. The van der Waals surface area contributed by atoms with Crippen LogP contribution in [0.1, 0.15) is 32.7 Å². The maximum absolute atomic E-state index is 12.9. The molecule has 1 fully saturated rings. The summed E-state index contributed by atoms with van der Waals surface area (Å²) in [4.78, 5) is 25.8. The Bertz CT molecular complexity index is 970. The van der Waals surface area contributed by atoms with E-state index in [4.69, 9.17) is 5.73 Å². The van der Waals surface area contributed by atoms with Crippen molar-refractivity contribution < 1.29 is 18.0 Å². The Morgan fingerprint density at radius 2 is 1.46 bits per heavy atom. The summed E-state index contributed by atoms with van der Waals surface area (Å²) in [7, 11) is -3.59. The minimum atomic E-state index is -3.59. The van der Waals surface area contributed by atoms with Crippen LogP contribution < -0.4 is 5.73 Å². The van der Waals surface area contributed by atoms with Gasteiger partial charge in [0.2, 0.25) is 15.9 Å². The molecular weight excluding hydrogens is 378 g/mol. The predicted molar refractivity (Wildman–Crippen MR) is 105 cm³/mol. The van der Waals surface area contributed by atoms with E-state index in [1.165, 1.54) is 16.4 Å². The molecule has 28 heavy (non-hydrogen) atoms. The average Bonchev–Trinajstić information content (AvgIpc) is 2.94. The number of carbonyl (C=O) groups excluding carboxylic acids is 2. The normalized spacial score (nSPS) is 15.8. The van der Waals surface area contributed by atoms with Gasteiger partial charge in [0.05, 0.1) is 4.90 Å². The minimum Gasteiger partial charge on any atom is -0.366 e. The summed E-state index contributed by atoms with van der Waals surface area (Å²) in [5.74, 6) is -0.740. The zero-order valence-electron chi connectivity index (χ0n) is 15.7. The first-order chi connectivity index (χ1) is 13.3. The first-order valence-electron chi connectivity index (χ1n) is 9.05. The van der Waals surface area contributed by atoms with Gasteiger partial charge in [-0.1, -0.05) is 17.7 Å². The fourth-order valence-corrected chi connectivity index (χ4v) is 4.63. The van der Waals surface area contributed by atoms with Crippen molar-refractivity contribution in [2.45, 2.75) is 18.2 Å². The molecule has 2 amide bonds. The second kappa shape index (κ2) is 8.12. The van der Waals surface area contributed by atoms with Gasteiger partial charge in [0, 0.05) is 37.3 Å². The minimum absolute atomic E-state index is 0.189. The molecule has 0 unspecified atom stereocenters. The SMILES string of the molecule is Cc1ccc(S(=O)(=O)N2CCCN(C(=O)c3ccc(C(N)=O)cc3)CC2)cc1. The highest BCUT2D eigenvalue weighted by Gasteiger charge is 2.28. The van der Waals surface area contributed by atoms with Crippen molar-refractivity contribution in [3.05, 3.63) is 65.2 Å². The second-order valence-electron chi connectivity index (χ2n) is 6.80. The van der Waals surface area contributed by atoms with E-state index in [0.717, 1.165) is 5.56 Å². The molecule has 0 spiro atoms. The van der Waals surface area contributed by atoms with Crippen LogP contribution in [-0.2, 0) is 10.0 Å². The van der Waals surface area contributed by atoms with Gasteiger partial charge in [0.1, 0.15) is 0 Å². The number of nitrogens with two attached hydrogens (primary N) is 1. The van der Waals surface area contributed by atoms with Crippen molar-refractivity contribution >= 4 is 21.8 Å². The Kier molecular flexibility index (Phi) is 5.81. The Labute approximate surface area is 164 Å². The number of sulfonamides is 1. The van der Waals surface area contributed by atoms with E-state index >= 15 is 0 Å². The molecule has 0 saturated carbocycles. The molecule has 0 bridgehead atoms. The van der Waals surface area contributed by atoms with E-state index < -0.39 is 15.9 Å². The van der Waals surface area contributed by atoms with Gasteiger partial charge in [-0.2, -0.15) is 4.31 Å².